The summed E-state index contributed by atoms with van der Waals surface area (Å²) in [5.74, 6) is -0.451. The predicted octanol–water partition coefficient (Wildman–Crippen LogP) is 2.53. The molecule has 2 aromatic rings. The number of thiocarbonyl (C=S) groups is 1. The molecule has 0 aromatic heterocycles. The highest BCUT2D eigenvalue weighted by atomic mass is 32.1. The Morgan fingerprint density at radius 3 is 2.22 bits per heavy atom. The molecule has 2 aromatic carbocycles. The van der Waals surface area contributed by atoms with Gasteiger partial charge in [0.05, 0.1) is 4.92 Å². The predicted molar refractivity (Wildman–Crippen MR) is 91.1 cm³/mol. The first-order valence-corrected chi connectivity index (χ1v) is 7.05. The number of rotatable bonds is 3. The van der Waals surface area contributed by atoms with Crippen molar-refractivity contribution in [1.29, 1.82) is 0 Å². The second kappa shape index (κ2) is 7.32. The van der Waals surface area contributed by atoms with Crippen molar-refractivity contribution in [2.45, 2.75) is 6.92 Å². The Morgan fingerprint density at radius 2 is 1.65 bits per heavy atom. The molecule has 0 aliphatic rings. The Morgan fingerprint density at radius 1 is 1.04 bits per heavy atom. The smallest absolute Gasteiger partial charge is 0.269 e. The Balaban J connectivity index is 1.87. The van der Waals surface area contributed by atoms with Crippen molar-refractivity contribution in [3.05, 3.63) is 69.8 Å². The molecule has 23 heavy (non-hydrogen) atoms. The van der Waals surface area contributed by atoms with Gasteiger partial charge in [-0.2, -0.15) is 0 Å². The van der Waals surface area contributed by atoms with Crippen molar-refractivity contribution in [2.24, 2.45) is 0 Å². The number of hydrazine groups is 1. The molecule has 1 amide bonds. The third-order valence-corrected chi connectivity index (χ3v) is 3.14. The minimum Gasteiger partial charge on any atom is -0.331 e. The molecule has 0 saturated carbocycles. The molecule has 0 atom stereocenters. The minimum atomic E-state index is -0.527. The lowest BCUT2D eigenvalue weighted by molar-refractivity contribution is -0.384. The van der Waals surface area contributed by atoms with E-state index in [1.165, 1.54) is 24.3 Å². The number of nitro groups is 1. The van der Waals surface area contributed by atoms with Crippen molar-refractivity contribution in [3.63, 3.8) is 0 Å². The van der Waals surface area contributed by atoms with Crippen LogP contribution in [0.4, 0.5) is 11.4 Å². The fourth-order valence-corrected chi connectivity index (χ4v) is 1.89. The van der Waals surface area contributed by atoms with E-state index in [1.54, 1.807) is 0 Å². The van der Waals surface area contributed by atoms with Gasteiger partial charge in [0.2, 0.25) is 0 Å². The van der Waals surface area contributed by atoms with Gasteiger partial charge in [-0.25, -0.2) is 0 Å². The lowest BCUT2D eigenvalue weighted by atomic mass is 10.2. The fraction of sp³-hybridized carbons (Fsp3) is 0.0667. The van der Waals surface area contributed by atoms with Crippen molar-refractivity contribution in [2.75, 3.05) is 5.32 Å². The first-order chi connectivity index (χ1) is 11.0. The van der Waals surface area contributed by atoms with Gasteiger partial charge < -0.3 is 5.32 Å². The lowest BCUT2D eigenvalue weighted by Gasteiger charge is -2.11. The standard InChI is InChI=1S/C15H14N4O3S/c1-10-2-6-12(7-3-10)16-15(23)18-17-14(20)11-4-8-13(9-5-11)19(21)22/h2-9H,1H3,(H,17,20)(H2,16,18,23). The number of benzene rings is 2. The highest BCUT2D eigenvalue weighted by molar-refractivity contribution is 7.80. The van der Waals surface area contributed by atoms with Crippen LogP contribution < -0.4 is 16.2 Å². The molecule has 0 fully saturated rings. The van der Waals surface area contributed by atoms with Crippen LogP contribution in [-0.4, -0.2) is 15.9 Å². The SMILES string of the molecule is Cc1ccc(NC(=S)NNC(=O)c2ccc([N+](=O)[O-])cc2)cc1. The largest absolute Gasteiger partial charge is 0.331 e. The van der Waals surface area contributed by atoms with Crippen LogP contribution in [0.3, 0.4) is 0 Å². The number of nitro benzene ring substituents is 1. The minimum absolute atomic E-state index is 0.0777. The fourth-order valence-electron chi connectivity index (χ4n) is 1.72. The number of hydrogen-bond donors (Lipinski definition) is 3. The number of aryl methyl sites for hydroxylation is 1. The molecule has 0 saturated heterocycles. The zero-order valence-electron chi connectivity index (χ0n) is 12.2. The van der Waals surface area contributed by atoms with E-state index in [1.807, 2.05) is 31.2 Å². The number of nitrogens with zero attached hydrogens (tertiary/aromatic N) is 1. The van der Waals surface area contributed by atoms with Crippen LogP contribution in [-0.2, 0) is 0 Å². The highest BCUT2D eigenvalue weighted by Gasteiger charge is 2.09. The van der Waals surface area contributed by atoms with E-state index < -0.39 is 10.8 Å². The highest BCUT2D eigenvalue weighted by Crippen LogP contribution is 2.11. The molecule has 8 heteroatoms. The quantitative estimate of drug-likeness (QED) is 0.455. The van der Waals surface area contributed by atoms with Gasteiger partial charge in [-0.15, -0.1) is 0 Å². The number of non-ortho nitro benzene ring substituents is 1. The van der Waals surface area contributed by atoms with Crippen LogP contribution in [0, 0.1) is 17.0 Å². The zero-order chi connectivity index (χ0) is 16.8. The maximum atomic E-state index is 11.9. The Kier molecular flexibility index (Phi) is 5.21. The molecule has 0 heterocycles. The van der Waals surface area contributed by atoms with Crippen molar-refractivity contribution < 1.29 is 9.72 Å². The van der Waals surface area contributed by atoms with Crippen LogP contribution in [0.2, 0.25) is 0 Å². The van der Waals surface area contributed by atoms with E-state index in [2.05, 4.69) is 16.2 Å². The van der Waals surface area contributed by atoms with E-state index in [9.17, 15) is 14.9 Å². The maximum absolute atomic E-state index is 11.9. The van der Waals surface area contributed by atoms with E-state index >= 15 is 0 Å². The first kappa shape index (κ1) is 16.4. The number of anilines is 1. The van der Waals surface area contributed by atoms with E-state index in [0.717, 1.165) is 11.3 Å². The van der Waals surface area contributed by atoms with Gasteiger partial charge in [0.25, 0.3) is 11.6 Å². The number of nitrogens with one attached hydrogen (secondary N) is 3. The van der Waals surface area contributed by atoms with Gasteiger partial charge >= 0.3 is 0 Å². The third-order valence-electron chi connectivity index (χ3n) is 2.94. The maximum Gasteiger partial charge on any atom is 0.269 e. The zero-order valence-corrected chi connectivity index (χ0v) is 13.0. The van der Waals surface area contributed by atoms with Crippen LogP contribution in [0.15, 0.2) is 48.5 Å². The van der Waals surface area contributed by atoms with Crippen LogP contribution in [0.25, 0.3) is 0 Å². The number of carbonyl (C=O) groups is 1. The van der Waals surface area contributed by atoms with Crippen molar-refractivity contribution in [1.82, 2.24) is 10.9 Å². The summed E-state index contributed by atoms with van der Waals surface area (Å²) in [4.78, 5) is 21.9. The van der Waals surface area contributed by atoms with E-state index in [-0.39, 0.29) is 16.4 Å². The molecule has 3 N–H and O–H groups in total. The number of carbonyl (C=O) groups excluding carboxylic acids is 1. The van der Waals surface area contributed by atoms with E-state index in [4.69, 9.17) is 12.2 Å². The molecule has 0 aliphatic heterocycles. The normalized spacial score (nSPS) is 9.78. The molecule has 2 rings (SSSR count). The summed E-state index contributed by atoms with van der Waals surface area (Å²) in [5.41, 5.74) is 7.10. The van der Waals surface area contributed by atoms with Gasteiger partial charge in [0.1, 0.15) is 0 Å². The molecule has 0 radical (unpaired) electrons. The summed E-state index contributed by atoms with van der Waals surface area (Å²) >= 11 is 5.07. The average molecular weight is 330 g/mol. The molecular weight excluding hydrogens is 316 g/mol. The van der Waals surface area contributed by atoms with Crippen LogP contribution >= 0.6 is 12.2 Å². The second-order valence-electron chi connectivity index (χ2n) is 4.70. The summed E-state index contributed by atoms with van der Waals surface area (Å²) in [6.45, 7) is 1.98. The lowest BCUT2D eigenvalue weighted by Crippen LogP contribution is -2.43. The van der Waals surface area contributed by atoms with Crippen molar-refractivity contribution >= 4 is 34.6 Å². The molecule has 0 spiro atoms. The monoisotopic (exact) mass is 330 g/mol. The molecule has 0 bridgehead atoms. The Labute approximate surface area is 137 Å². The molecule has 0 aliphatic carbocycles. The Bertz CT molecular complexity index is 729. The van der Waals surface area contributed by atoms with Gasteiger partial charge in [0.15, 0.2) is 5.11 Å². The molecule has 0 unspecified atom stereocenters. The topological polar surface area (TPSA) is 96.3 Å². The van der Waals surface area contributed by atoms with Gasteiger partial charge in [-0.3, -0.25) is 25.8 Å². The Hall–Kier alpha value is -3.00. The van der Waals surface area contributed by atoms with Gasteiger partial charge in [0, 0.05) is 23.4 Å². The van der Waals surface area contributed by atoms with Gasteiger partial charge in [-0.05, 0) is 43.4 Å². The third kappa shape index (κ3) is 4.75. The van der Waals surface area contributed by atoms with E-state index in [0.29, 0.717) is 0 Å². The summed E-state index contributed by atoms with van der Waals surface area (Å²) in [7, 11) is 0. The summed E-state index contributed by atoms with van der Waals surface area (Å²) in [5, 5.41) is 13.7. The molecule has 7 nitrogen and oxygen atoms in total. The summed E-state index contributed by atoms with van der Waals surface area (Å²) < 4.78 is 0. The van der Waals surface area contributed by atoms with Crippen LogP contribution in [0.1, 0.15) is 15.9 Å². The molecular formula is C15H14N4O3S. The summed E-state index contributed by atoms with van der Waals surface area (Å²) in [6.07, 6.45) is 0. The number of amides is 1. The second-order valence-corrected chi connectivity index (χ2v) is 5.11. The molecule has 118 valence electrons. The van der Waals surface area contributed by atoms with Crippen LogP contribution in [0.5, 0.6) is 0 Å². The summed E-state index contributed by atoms with van der Waals surface area (Å²) in [6, 6.07) is 12.8. The van der Waals surface area contributed by atoms with Gasteiger partial charge in [-0.1, -0.05) is 17.7 Å². The van der Waals surface area contributed by atoms with Crippen molar-refractivity contribution in [3.8, 4) is 0 Å². The number of hydrogen-bond acceptors (Lipinski definition) is 4. The average Bonchev–Trinajstić information content (AvgIpc) is 2.55. The first-order valence-electron chi connectivity index (χ1n) is 6.64.